The normalized spacial score (nSPS) is 10.7. The van der Waals surface area contributed by atoms with Crippen LogP contribution in [-0.4, -0.2) is 22.8 Å². The zero-order chi connectivity index (χ0) is 16.2. The lowest BCUT2D eigenvalue weighted by molar-refractivity contribution is -0.0420. The van der Waals surface area contributed by atoms with Crippen molar-refractivity contribution in [2.75, 3.05) is 0 Å². The second-order valence-corrected chi connectivity index (χ2v) is 3.46. The summed E-state index contributed by atoms with van der Waals surface area (Å²) in [7, 11) is 0. The average molecular weight is 378 g/mol. The SMILES string of the molecule is CC(F)(F)Cl.FC(F)(F)Cl.FC(F)Cl.FC(F)Cl. The fourth-order valence-electron chi connectivity index (χ4n) is 0. The Kier molecular flexibility index (Phi) is 20.9. The van der Waals surface area contributed by atoms with Crippen molar-refractivity contribution < 1.29 is 39.5 Å². The molecule has 0 bridgehead atoms. The second kappa shape index (κ2) is 14.0. The number of alkyl halides is 13. The molecule has 0 heterocycles. The molecule has 0 atom stereocenters. The summed E-state index contributed by atoms with van der Waals surface area (Å²) in [6.07, 6.45) is 0. The fourth-order valence-corrected chi connectivity index (χ4v) is 0. The minimum Gasteiger partial charge on any atom is -0.192 e. The third-order valence-electron chi connectivity index (χ3n) is 0. The Bertz CT molecular complexity index is 119. The van der Waals surface area contributed by atoms with Gasteiger partial charge in [0, 0.05) is 6.92 Å². The van der Waals surface area contributed by atoms with Crippen molar-refractivity contribution in [1.82, 2.24) is 0 Å². The van der Waals surface area contributed by atoms with Gasteiger partial charge in [-0.15, -0.1) is 0 Å². The summed E-state index contributed by atoms with van der Waals surface area (Å²) in [5.41, 5.74) is -4.53. The standard InChI is InChI=1S/C2H3ClF2.CClF3.2CHClF2/c1-2(3,4)5;2-1(3,4)5;2*2-1(3)4/h1H3;;2*1H. The lowest BCUT2D eigenvalue weighted by atomic mass is 10.9. The minimum absolute atomic E-state index is 0.620. The van der Waals surface area contributed by atoms with Gasteiger partial charge in [-0.05, 0) is 23.2 Å². The van der Waals surface area contributed by atoms with Crippen LogP contribution in [0, 0.1) is 0 Å². The van der Waals surface area contributed by atoms with Crippen LogP contribution in [0.3, 0.4) is 0 Å². The van der Waals surface area contributed by atoms with Crippen LogP contribution in [-0.2, 0) is 0 Å². The number of hydrogen-bond acceptors (Lipinski definition) is 0. The molecule has 0 aliphatic heterocycles. The Morgan fingerprint density at radius 3 is 0.722 bits per heavy atom. The van der Waals surface area contributed by atoms with E-state index in [0.717, 1.165) is 0 Å². The molecule has 0 rings (SSSR count). The molecular weight excluding hydrogens is 373 g/mol. The van der Waals surface area contributed by atoms with E-state index < -0.39 is 22.8 Å². The van der Waals surface area contributed by atoms with Gasteiger partial charge in [-0.25, -0.2) is 0 Å². The average Bonchev–Trinajstić information content (AvgIpc) is 1.70. The molecule has 0 aliphatic rings. The maximum absolute atomic E-state index is 10.8. The van der Waals surface area contributed by atoms with Crippen molar-refractivity contribution in [3.63, 3.8) is 0 Å². The van der Waals surface area contributed by atoms with Gasteiger partial charge in [-0.1, -0.05) is 23.2 Å². The van der Waals surface area contributed by atoms with E-state index in [4.69, 9.17) is 0 Å². The van der Waals surface area contributed by atoms with Gasteiger partial charge in [0.05, 0.1) is 0 Å². The molecule has 0 aliphatic carbocycles. The van der Waals surface area contributed by atoms with E-state index in [9.17, 15) is 39.5 Å². The Morgan fingerprint density at radius 1 is 0.722 bits per heavy atom. The molecule has 0 radical (unpaired) electrons. The van der Waals surface area contributed by atoms with Crippen LogP contribution in [0.4, 0.5) is 39.5 Å². The van der Waals surface area contributed by atoms with E-state index in [1.807, 2.05) is 0 Å². The maximum Gasteiger partial charge on any atom is 0.475 e. The van der Waals surface area contributed by atoms with Crippen LogP contribution in [0.1, 0.15) is 6.92 Å². The van der Waals surface area contributed by atoms with Gasteiger partial charge in [-0.3, -0.25) is 0 Å². The molecule has 0 aromatic rings. The molecule has 0 unspecified atom stereocenters. The van der Waals surface area contributed by atoms with E-state index in [1.54, 1.807) is 0 Å². The van der Waals surface area contributed by atoms with Gasteiger partial charge in [0.2, 0.25) is 0 Å². The van der Waals surface area contributed by atoms with Crippen molar-refractivity contribution in [3.8, 4) is 0 Å². The molecule has 0 fully saturated rings. The van der Waals surface area contributed by atoms with Crippen LogP contribution in [0.25, 0.3) is 0 Å². The van der Waals surface area contributed by atoms with Gasteiger partial charge in [0.25, 0.3) is 0 Å². The molecule has 116 valence electrons. The first kappa shape index (κ1) is 27.0. The maximum atomic E-state index is 10.8. The lowest BCUT2D eigenvalue weighted by Crippen LogP contribution is -1.92. The third-order valence-corrected chi connectivity index (χ3v) is 0. The molecule has 0 saturated carbocycles. The van der Waals surface area contributed by atoms with Crippen molar-refractivity contribution in [1.29, 1.82) is 0 Å². The summed E-state index contributed by atoms with van der Waals surface area (Å²) in [4.78, 5) is 0. The van der Waals surface area contributed by atoms with Gasteiger partial charge >= 0.3 is 22.8 Å². The molecule has 0 N–H and O–H groups in total. The topological polar surface area (TPSA) is 0 Å². The zero-order valence-electron chi connectivity index (χ0n) is 8.07. The van der Waals surface area contributed by atoms with Gasteiger partial charge in [0.15, 0.2) is 0 Å². The van der Waals surface area contributed by atoms with Crippen molar-refractivity contribution in [3.05, 3.63) is 0 Å². The first-order valence-electron chi connectivity index (χ1n) is 3.13. The van der Waals surface area contributed by atoms with E-state index in [1.165, 1.54) is 0 Å². The molecule has 13 heteroatoms. The molecule has 0 aromatic heterocycles. The highest BCUT2D eigenvalue weighted by Crippen LogP contribution is 2.18. The highest BCUT2D eigenvalue weighted by atomic mass is 35.5. The monoisotopic (exact) mass is 376 g/mol. The van der Waals surface area contributed by atoms with Crippen LogP contribution in [0.15, 0.2) is 0 Å². The van der Waals surface area contributed by atoms with Gasteiger partial charge in [-0.2, -0.15) is 39.5 Å². The highest BCUT2D eigenvalue weighted by molar-refractivity contribution is 6.21. The van der Waals surface area contributed by atoms with E-state index in [-0.39, 0.29) is 0 Å². The van der Waals surface area contributed by atoms with Gasteiger partial charge < -0.3 is 0 Å². The first-order valence-corrected chi connectivity index (χ1v) is 4.76. The molecule has 0 saturated heterocycles. The van der Waals surface area contributed by atoms with Gasteiger partial charge in [0.1, 0.15) is 0 Å². The summed E-state index contributed by atoms with van der Waals surface area (Å²) in [5.74, 6) is -5.39. The highest BCUT2D eigenvalue weighted by Gasteiger charge is 2.20. The smallest absolute Gasteiger partial charge is 0.192 e. The van der Waals surface area contributed by atoms with Crippen LogP contribution in [0.2, 0.25) is 0 Å². The van der Waals surface area contributed by atoms with E-state index in [2.05, 4.69) is 46.4 Å². The lowest BCUT2D eigenvalue weighted by Gasteiger charge is -1.90. The summed E-state index contributed by atoms with van der Waals surface area (Å²) in [6.45, 7) is 0.620. The Labute approximate surface area is 116 Å². The van der Waals surface area contributed by atoms with Crippen LogP contribution in [0.5, 0.6) is 0 Å². The van der Waals surface area contributed by atoms with Crippen LogP contribution >= 0.6 is 46.4 Å². The summed E-state index contributed by atoms with van der Waals surface area (Å²) < 4.78 is 92.3. The van der Waals surface area contributed by atoms with Crippen molar-refractivity contribution in [2.24, 2.45) is 0 Å². The molecular formula is C5H5Cl4F9. The molecule has 0 aromatic carbocycles. The Morgan fingerprint density at radius 2 is 0.722 bits per heavy atom. The van der Waals surface area contributed by atoms with Crippen molar-refractivity contribution in [2.45, 2.75) is 29.7 Å². The zero-order valence-corrected chi connectivity index (χ0v) is 11.1. The molecule has 0 spiro atoms. The summed E-state index contributed by atoms with van der Waals surface area (Å²) >= 11 is 15.6. The number of hydrogen-bond donors (Lipinski definition) is 0. The predicted octanol–water partition coefficient (Wildman–Crippen LogP) is 6.48. The first-order chi connectivity index (χ1) is 7.46. The third kappa shape index (κ3) is 14200. The summed E-state index contributed by atoms with van der Waals surface area (Å²) in [5, 5.41) is -3.03. The predicted molar refractivity (Wildman–Crippen MR) is 52.1 cm³/mol. The van der Waals surface area contributed by atoms with Crippen LogP contribution < -0.4 is 0 Å². The quantitative estimate of drug-likeness (QED) is 0.335. The fraction of sp³-hybridized carbons (Fsp3) is 1.00. The summed E-state index contributed by atoms with van der Waals surface area (Å²) in [6, 6.07) is 0. The molecule has 18 heavy (non-hydrogen) atoms. The molecule has 0 amide bonds. The van der Waals surface area contributed by atoms with E-state index >= 15 is 0 Å². The van der Waals surface area contributed by atoms with E-state index in [0.29, 0.717) is 6.92 Å². The largest absolute Gasteiger partial charge is 0.475 e. The minimum atomic E-state index is -4.53. The Hall–Kier alpha value is 0.530. The number of rotatable bonds is 0. The second-order valence-electron chi connectivity index (χ2n) is 1.70. The Balaban J connectivity index is -0.0000000731. The molecule has 0 nitrogen and oxygen atoms in total. The van der Waals surface area contributed by atoms with Crippen molar-refractivity contribution >= 4 is 46.4 Å². The number of halogens is 13.